The Balaban J connectivity index is 1.64. The molecule has 0 fully saturated rings. The van der Waals surface area contributed by atoms with E-state index in [0.717, 1.165) is 0 Å². The highest BCUT2D eigenvalue weighted by molar-refractivity contribution is 5.77. The fourth-order valence-corrected chi connectivity index (χ4v) is 2.33. The summed E-state index contributed by atoms with van der Waals surface area (Å²) in [6.07, 6.45) is 4.19. The number of rotatable bonds is 7. The Kier molecular flexibility index (Phi) is 4.85. The van der Waals surface area contributed by atoms with Gasteiger partial charge in [0.05, 0.1) is 25.3 Å². The monoisotopic (exact) mass is 345 g/mol. The van der Waals surface area contributed by atoms with Gasteiger partial charge in [-0.25, -0.2) is 4.39 Å². The molecule has 6 nitrogen and oxygen atoms in total. The smallest absolute Gasteiger partial charge is 0.258 e. The number of aliphatic hydroxyl groups is 1. The van der Waals surface area contributed by atoms with Crippen molar-refractivity contribution in [3.8, 4) is 5.75 Å². The number of carbonyl (C=O) groups is 1. The van der Waals surface area contributed by atoms with Gasteiger partial charge in [0.1, 0.15) is 5.76 Å². The lowest BCUT2D eigenvalue weighted by Gasteiger charge is -2.25. The highest BCUT2D eigenvalue weighted by Crippen LogP contribution is 2.29. The van der Waals surface area contributed by atoms with E-state index in [1.54, 1.807) is 24.3 Å². The second kappa shape index (κ2) is 7.23. The number of halogens is 1. The van der Waals surface area contributed by atoms with Crippen LogP contribution in [-0.4, -0.2) is 24.2 Å². The molecule has 0 saturated heterocycles. The maximum absolute atomic E-state index is 13.5. The van der Waals surface area contributed by atoms with Crippen LogP contribution in [0.3, 0.4) is 0 Å². The Morgan fingerprint density at radius 2 is 2.04 bits per heavy atom. The molecule has 0 aliphatic rings. The summed E-state index contributed by atoms with van der Waals surface area (Å²) in [6.45, 7) is -0.555. The average molecular weight is 345 g/mol. The van der Waals surface area contributed by atoms with E-state index < -0.39 is 17.3 Å². The quantitative estimate of drug-likeness (QED) is 0.687. The number of carbonyl (C=O) groups excluding carboxylic acids is 1. The Morgan fingerprint density at radius 1 is 1.20 bits per heavy atom. The van der Waals surface area contributed by atoms with Crippen LogP contribution in [0.2, 0.25) is 0 Å². The lowest BCUT2D eigenvalue weighted by atomic mass is 9.93. The molecule has 1 aromatic carbocycles. The van der Waals surface area contributed by atoms with E-state index in [1.165, 1.54) is 37.0 Å². The lowest BCUT2D eigenvalue weighted by Crippen LogP contribution is -2.42. The van der Waals surface area contributed by atoms with Gasteiger partial charge in [-0.15, -0.1) is 0 Å². The van der Waals surface area contributed by atoms with E-state index in [0.29, 0.717) is 5.56 Å². The maximum Gasteiger partial charge on any atom is 0.258 e. The molecule has 7 heteroatoms. The zero-order chi connectivity index (χ0) is 17.7. The minimum absolute atomic E-state index is 0.0196. The molecule has 3 aromatic rings. The van der Waals surface area contributed by atoms with Crippen LogP contribution in [0.1, 0.15) is 11.3 Å². The number of para-hydroxylation sites is 1. The summed E-state index contributed by atoms with van der Waals surface area (Å²) in [4.78, 5) is 12.0. The second-order valence-corrected chi connectivity index (χ2v) is 5.35. The van der Waals surface area contributed by atoms with Crippen LogP contribution in [0, 0.1) is 5.82 Å². The van der Waals surface area contributed by atoms with Gasteiger partial charge in [0.25, 0.3) is 5.91 Å². The minimum Gasteiger partial charge on any atom is -0.481 e. The molecular weight excluding hydrogens is 329 g/mol. The van der Waals surface area contributed by atoms with Gasteiger partial charge >= 0.3 is 0 Å². The van der Waals surface area contributed by atoms with Crippen LogP contribution in [0.25, 0.3) is 0 Å². The Hall–Kier alpha value is -3.06. The summed E-state index contributed by atoms with van der Waals surface area (Å²) in [5.74, 6) is -0.837. The fourth-order valence-electron chi connectivity index (χ4n) is 2.33. The summed E-state index contributed by atoms with van der Waals surface area (Å²) in [7, 11) is 0. The van der Waals surface area contributed by atoms with Crippen molar-refractivity contribution >= 4 is 5.91 Å². The number of amides is 1. The Labute approximate surface area is 142 Å². The summed E-state index contributed by atoms with van der Waals surface area (Å²) < 4.78 is 28.9. The van der Waals surface area contributed by atoms with Crippen LogP contribution >= 0.6 is 0 Å². The normalized spacial score (nSPS) is 13.2. The molecule has 130 valence electrons. The van der Waals surface area contributed by atoms with Gasteiger partial charge < -0.3 is 24.0 Å². The third kappa shape index (κ3) is 3.72. The predicted molar refractivity (Wildman–Crippen MR) is 85.3 cm³/mol. The van der Waals surface area contributed by atoms with Crippen LogP contribution in [0.4, 0.5) is 4.39 Å². The molecule has 2 heterocycles. The highest BCUT2D eigenvalue weighted by atomic mass is 19.1. The number of ether oxygens (including phenoxy) is 1. The van der Waals surface area contributed by atoms with Crippen molar-refractivity contribution in [2.75, 3.05) is 13.2 Å². The van der Waals surface area contributed by atoms with Crippen LogP contribution < -0.4 is 10.1 Å². The lowest BCUT2D eigenvalue weighted by molar-refractivity contribution is -0.124. The van der Waals surface area contributed by atoms with Crippen molar-refractivity contribution < 1.29 is 27.9 Å². The van der Waals surface area contributed by atoms with Gasteiger partial charge in [0, 0.05) is 5.56 Å². The number of nitrogens with one attached hydrogen (secondary N) is 1. The topological polar surface area (TPSA) is 84.8 Å². The van der Waals surface area contributed by atoms with Crippen molar-refractivity contribution in [3.63, 3.8) is 0 Å². The molecule has 0 aliphatic heterocycles. The molecule has 0 saturated carbocycles. The first-order chi connectivity index (χ1) is 12.1. The van der Waals surface area contributed by atoms with Crippen molar-refractivity contribution in [1.82, 2.24) is 5.32 Å². The summed E-state index contributed by atoms with van der Waals surface area (Å²) in [5.41, 5.74) is -1.16. The predicted octanol–water partition coefficient (Wildman–Crippen LogP) is 2.44. The SMILES string of the molecule is O=C(COc1ccccc1F)NCC(O)(c1ccoc1)c1ccco1. The molecule has 3 rings (SSSR count). The van der Waals surface area contributed by atoms with Gasteiger partial charge in [-0.05, 0) is 30.3 Å². The van der Waals surface area contributed by atoms with E-state index in [9.17, 15) is 14.3 Å². The molecule has 2 N–H and O–H groups in total. The van der Waals surface area contributed by atoms with E-state index >= 15 is 0 Å². The first-order valence-electron chi connectivity index (χ1n) is 7.52. The van der Waals surface area contributed by atoms with Gasteiger partial charge in [-0.3, -0.25) is 4.79 Å². The molecule has 1 unspecified atom stereocenters. The zero-order valence-corrected chi connectivity index (χ0v) is 13.1. The maximum atomic E-state index is 13.5. The summed E-state index contributed by atoms with van der Waals surface area (Å²) in [5, 5.41) is 13.5. The van der Waals surface area contributed by atoms with Crippen LogP contribution in [0.5, 0.6) is 5.75 Å². The number of furan rings is 2. The van der Waals surface area contributed by atoms with Crippen LogP contribution in [0.15, 0.2) is 70.1 Å². The first-order valence-corrected chi connectivity index (χ1v) is 7.52. The van der Waals surface area contributed by atoms with Gasteiger partial charge in [-0.2, -0.15) is 0 Å². The molecule has 25 heavy (non-hydrogen) atoms. The number of hydrogen-bond donors (Lipinski definition) is 2. The van der Waals surface area contributed by atoms with Gasteiger partial charge in [0.2, 0.25) is 0 Å². The van der Waals surface area contributed by atoms with Gasteiger partial charge in [-0.1, -0.05) is 12.1 Å². The second-order valence-electron chi connectivity index (χ2n) is 5.35. The first kappa shape index (κ1) is 16.8. The summed E-state index contributed by atoms with van der Waals surface area (Å²) >= 11 is 0. The average Bonchev–Trinajstić information content (AvgIpc) is 3.32. The van der Waals surface area contributed by atoms with Crippen LogP contribution in [-0.2, 0) is 10.4 Å². The minimum atomic E-state index is -1.59. The molecule has 0 bridgehead atoms. The van der Waals surface area contributed by atoms with Gasteiger partial charge in [0.15, 0.2) is 23.8 Å². The number of hydrogen-bond acceptors (Lipinski definition) is 5. The molecule has 1 amide bonds. The fraction of sp³-hybridized carbons (Fsp3) is 0.167. The number of benzene rings is 1. The van der Waals surface area contributed by atoms with E-state index in [4.69, 9.17) is 13.6 Å². The third-order valence-corrected chi connectivity index (χ3v) is 3.66. The molecule has 2 aromatic heterocycles. The van der Waals surface area contributed by atoms with Crippen molar-refractivity contribution in [2.24, 2.45) is 0 Å². The molecule has 1 atom stereocenters. The van der Waals surface area contributed by atoms with Crippen molar-refractivity contribution in [2.45, 2.75) is 5.60 Å². The Bertz CT molecular complexity index is 780. The molecule has 0 radical (unpaired) electrons. The van der Waals surface area contributed by atoms with E-state index in [-0.39, 0.29) is 24.7 Å². The Morgan fingerprint density at radius 3 is 2.72 bits per heavy atom. The molecule has 0 spiro atoms. The zero-order valence-electron chi connectivity index (χ0n) is 13.1. The standard InChI is InChI=1S/C18H16FNO5/c19-14-4-1-2-5-15(14)25-11-17(21)20-12-18(22,13-7-9-23-10-13)16-6-3-8-24-16/h1-10,22H,11-12H2,(H,20,21). The largest absolute Gasteiger partial charge is 0.481 e. The third-order valence-electron chi connectivity index (χ3n) is 3.66. The van der Waals surface area contributed by atoms with Crippen molar-refractivity contribution in [3.05, 3.63) is 78.4 Å². The van der Waals surface area contributed by atoms with Crippen molar-refractivity contribution in [1.29, 1.82) is 0 Å². The molecular formula is C18H16FNO5. The van der Waals surface area contributed by atoms with E-state index in [2.05, 4.69) is 5.32 Å². The highest BCUT2D eigenvalue weighted by Gasteiger charge is 2.36. The summed E-state index contributed by atoms with van der Waals surface area (Å²) in [6, 6.07) is 10.6. The van der Waals surface area contributed by atoms with E-state index in [1.807, 2.05) is 0 Å². The molecule has 0 aliphatic carbocycles.